The Morgan fingerprint density at radius 1 is 1.29 bits per heavy atom. The lowest BCUT2D eigenvalue weighted by Gasteiger charge is -2.09. The quantitative estimate of drug-likeness (QED) is 0.862. The van der Waals surface area contributed by atoms with Gasteiger partial charge in [0.15, 0.2) is 0 Å². The van der Waals surface area contributed by atoms with Crippen LogP contribution in [0.3, 0.4) is 0 Å². The average molecular weight is 280 g/mol. The van der Waals surface area contributed by atoms with Gasteiger partial charge in [-0.2, -0.15) is 0 Å². The summed E-state index contributed by atoms with van der Waals surface area (Å²) in [6.45, 7) is 2.87. The minimum atomic E-state index is 0.641. The van der Waals surface area contributed by atoms with Gasteiger partial charge in [-0.3, -0.25) is 0 Å². The van der Waals surface area contributed by atoms with Crippen LogP contribution in [0.4, 0.5) is 0 Å². The van der Waals surface area contributed by atoms with Gasteiger partial charge in [0.2, 0.25) is 5.88 Å². The van der Waals surface area contributed by atoms with Crippen molar-refractivity contribution in [2.24, 2.45) is 0 Å². The Morgan fingerprint density at radius 2 is 2.14 bits per heavy atom. The van der Waals surface area contributed by atoms with Crippen molar-refractivity contribution in [3.63, 3.8) is 0 Å². The highest BCUT2D eigenvalue weighted by Crippen LogP contribution is 2.25. The Balaban J connectivity index is 1.73. The van der Waals surface area contributed by atoms with Crippen molar-refractivity contribution in [1.29, 1.82) is 0 Å². The number of nitrogens with one attached hydrogen (secondary N) is 1. The van der Waals surface area contributed by atoms with Gasteiger partial charge >= 0.3 is 0 Å². The zero-order valence-electron chi connectivity index (χ0n) is 12.3. The first-order valence-corrected chi connectivity index (χ1v) is 7.43. The molecule has 0 spiro atoms. The molecular formula is C18H20N2O. The second-order valence-corrected chi connectivity index (χ2v) is 5.30. The Morgan fingerprint density at radius 3 is 2.95 bits per heavy atom. The molecule has 0 bridgehead atoms. The van der Waals surface area contributed by atoms with Crippen LogP contribution in [0.2, 0.25) is 0 Å². The molecule has 1 aliphatic carbocycles. The molecule has 0 saturated heterocycles. The summed E-state index contributed by atoms with van der Waals surface area (Å²) in [5.41, 5.74) is 2.26. The highest BCUT2D eigenvalue weighted by atomic mass is 16.5. The number of allylic oxidation sites excluding steroid dienone is 1. The number of rotatable bonds is 6. The van der Waals surface area contributed by atoms with E-state index >= 15 is 0 Å². The van der Waals surface area contributed by atoms with E-state index in [1.165, 1.54) is 18.4 Å². The van der Waals surface area contributed by atoms with Crippen LogP contribution in [-0.2, 0) is 6.54 Å². The maximum absolute atomic E-state index is 5.94. The highest BCUT2D eigenvalue weighted by molar-refractivity contribution is 5.57. The van der Waals surface area contributed by atoms with E-state index in [1.807, 2.05) is 55.5 Å². The fourth-order valence-electron chi connectivity index (χ4n) is 2.17. The van der Waals surface area contributed by atoms with Gasteiger partial charge in [-0.25, -0.2) is 4.98 Å². The summed E-state index contributed by atoms with van der Waals surface area (Å²) < 4.78 is 5.94. The maximum atomic E-state index is 5.94. The minimum absolute atomic E-state index is 0.641. The highest BCUT2D eigenvalue weighted by Gasteiger charge is 2.19. The molecule has 2 aromatic rings. The van der Waals surface area contributed by atoms with Crippen LogP contribution in [0.25, 0.3) is 6.08 Å². The van der Waals surface area contributed by atoms with E-state index in [0.29, 0.717) is 11.9 Å². The first-order chi connectivity index (χ1) is 10.3. The van der Waals surface area contributed by atoms with Gasteiger partial charge in [-0.05, 0) is 37.5 Å². The topological polar surface area (TPSA) is 34.1 Å². The molecule has 1 N–H and O–H groups in total. The molecule has 0 radical (unpaired) electrons. The first-order valence-electron chi connectivity index (χ1n) is 7.43. The Hall–Kier alpha value is -2.13. The lowest BCUT2D eigenvalue weighted by Crippen LogP contribution is -2.15. The van der Waals surface area contributed by atoms with E-state index in [9.17, 15) is 0 Å². The molecule has 1 aliphatic rings. The van der Waals surface area contributed by atoms with Crippen LogP contribution in [0.1, 0.15) is 30.9 Å². The lowest BCUT2D eigenvalue weighted by molar-refractivity contribution is 0.460. The van der Waals surface area contributed by atoms with E-state index < -0.39 is 0 Å². The summed E-state index contributed by atoms with van der Waals surface area (Å²) in [6.07, 6.45) is 8.44. The molecule has 1 aromatic heterocycles. The van der Waals surface area contributed by atoms with Crippen LogP contribution in [0, 0.1) is 0 Å². The molecule has 0 amide bonds. The number of ether oxygens (including phenoxy) is 1. The zero-order valence-corrected chi connectivity index (χ0v) is 12.3. The van der Waals surface area contributed by atoms with E-state index in [1.54, 1.807) is 6.20 Å². The maximum Gasteiger partial charge on any atom is 0.219 e. The fourth-order valence-corrected chi connectivity index (χ4v) is 2.17. The molecule has 1 fully saturated rings. The molecule has 3 heteroatoms. The van der Waals surface area contributed by atoms with Gasteiger partial charge in [0, 0.05) is 30.4 Å². The van der Waals surface area contributed by atoms with E-state index in [2.05, 4.69) is 10.3 Å². The molecule has 0 atom stereocenters. The van der Waals surface area contributed by atoms with Gasteiger partial charge in [0.1, 0.15) is 5.75 Å². The molecular weight excluding hydrogens is 260 g/mol. The number of hydrogen-bond acceptors (Lipinski definition) is 3. The molecule has 1 heterocycles. The SMILES string of the molecule is CC=Cc1ccccc1Oc1cc(CNC2CC2)ccn1. The number of hydrogen-bond donors (Lipinski definition) is 1. The van der Waals surface area contributed by atoms with E-state index in [0.717, 1.165) is 17.9 Å². The molecule has 0 aliphatic heterocycles. The zero-order chi connectivity index (χ0) is 14.5. The average Bonchev–Trinajstić information content (AvgIpc) is 3.32. The molecule has 0 unspecified atom stereocenters. The Labute approximate surface area is 125 Å². The summed E-state index contributed by atoms with van der Waals surface area (Å²) >= 11 is 0. The predicted molar refractivity (Wildman–Crippen MR) is 85.3 cm³/mol. The molecule has 21 heavy (non-hydrogen) atoms. The number of pyridine rings is 1. The van der Waals surface area contributed by atoms with Gasteiger partial charge in [-0.1, -0.05) is 30.4 Å². The number of benzene rings is 1. The normalized spacial score (nSPS) is 14.5. The second kappa shape index (κ2) is 6.55. The van der Waals surface area contributed by atoms with Crippen LogP contribution in [0.15, 0.2) is 48.7 Å². The summed E-state index contributed by atoms with van der Waals surface area (Å²) in [5, 5.41) is 3.50. The number of para-hydroxylation sites is 1. The summed E-state index contributed by atoms with van der Waals surface area (Å²) in [7, 11) is 0. The number of nitrogens with zero attached hydrogens (tertiary/aromatic N) is 1. The van der Waals surface area contributed by atoms with Gasteiger partial charge < -0.3 is 10.1 Å². The van der Waals surface area contributed by atoms with Crippen molar-refractivity contribution < 1.29 is 4.74 Å². The molecule has 1 saturated carbocycles. The summed E-state index contributed by atoms with van der Waals surface area (Å²) in [6, 6.07) is 12.7. The van der Waals surface area contributed by atoms with Crippen molar-refractivity contribution in [3.8, 4) is 11.6 Å². The van der Waals surface area contributed by atoms with E-state index in [-0.39, 0.29) is 0 Å². The molecule has 3 nitrogen and oxygen atoms in total. The monoisotopic (exact) mass is 280 g/mol. The van der Waals surface area contributed by atoms with Crippen LogP contribution in [0.5, 0.6) is 11.6 Å². The van der Waals surface area contributed by atoms with Crippen LogP contribution >= 0.6 is 0 Å². The van der Waals surface area contributed by atoms with Crippen molar-refractivity contribution >= 4 is 6.08 Å². The first kappa shape index (κ1) is 13.8. The van der Waals surface area contributed by atoms with Crippen molar-refractivity contribution in [2.45, 2.75) is 32.4 Å². The minimum Gasteiger partial charge on any atom is -0.438 e. The van der Waals surface area contributed by atoms with Crippen LogP contribution < -0.4 is 10.1 Å². The summed E-state index contributed by atoms with van der Waals surface area (Å²) in [4.78, 5) is 4.30. The molecule has 1 aromatic carbocycles. The van der Waals surface area contributed by atoms with Gasteiger partial charge in [-0.15, -0.1) is 0 Å². The van der Waals surface area contributed by atoms with Gasteiger partial charge in [0.25, 0.3) is 0 Å². The Kier molecular flexibility index (Phi) is 4.31. The molecule has 108 valence electrons. The molecule has 3 rings (SSSR count). The smallest absolute Gasteiger partial charge is 0.219 e. The Bertz CT molecular complexity index is 633. The summed E-state index contributed by atoms with van der Waals surface area (Å²) in [5.74, 6) is 1.47. The largest absolute Gasteiger partial charge is 0.438 e. The van der Waals surface area contributed by atoms with E-state index in [4.69, 9.17) is 4.74 Å². The van der Waals surface area contributed by atoms with Crippen molar-refractivity contribution in [1.82, 2.24) is 10.3 Å². The number of aromatic nitrogens is 1. The third kappa shape index (κ3) is 3.92. The lowest BCUT2D eigenvalue weighted by atomic mass is 10.2. The predicted octanol–water partition coefficient (Wildman–Crippen LogP) is 4.16. The standard InChI is InChI=1S/C18H20N2O/c1-2-5-15-6-3-4-7-17(15)21-18-12-14(10-11-19-18)13-20-16-8-9-16/h2-7,10-12,16,20H,8-9,13H2,1H3. The van der Waals surface area contributed by atoms with Crippen molar-refractivity contribution in [3.05, 3.63) is 59.8 Å². The second-order valence-electron chi connectivity index (χ2n) is 5.30. The van der Waals surface area contributed by atoms with Crippen LogP contribution in [-0.4, -0.2) is 11.0 Å². The van der Waals surface area contributed by atoms with Gasteiger partial charge in [0.05, 0.1) is 0 Å². The van der Waals surface area contributed by atoms with Crippen molar-refractivity contribution in [2.75, 3.05) is 0 Å². The third-order valence-corrected chi connectivity index (χ3v) is 3.45. The third-order valence-electron chi connectivity index (χ3n) is 3.45. The fraction of sp³-hybridized carbons (Fsp3) is 0.278.